The third-order valence-electron chi connectivity index (χ3n) is 1.70. The number of rotatable bonds is 0. The summed E-state index contributed by atoms with van der Waals surface area (Å²) in [4.78, 5) is 4.16. The van der Waals surface area contributed by atoms with Crippen molar-refractivity contribution < 1.29 is 0 Å². The van der Waals surface area contributed by atoms with Gasteiger partial charge in [-0.25, -0.2) is 0 Å². The van der Waals surface area contributed by atoms with Crippen LogP contribution in [0.5, 0.6) is 0 Å². The zero-order valence-electron chi connectivity index (χ0n) is 6.44. The molecule has 0 atom stereocenters. The van der Waals surface area contributed by atoms with E-state index < -0.39 is 0 Å². The Morgan fingerprint density at radius 2 is 2.18 bits per heavy atom. The summed E-state index contributed by atoms with van der Waals surface area (Å²) in [7, 11) is 0. The van der Waals surface area contributed by atoms with Gasteiger partial charge in [-0.05, 0) is 13.8 Å². The van der Waals surface area contributed by atoms with Gasteiger partial charge in [-0.1, -0.05) is 0 Å². The molecule has 4 heteroatoms. The van der Waals surface area contributed by atoms with E-state index in [0.717, 1.165) is 17.0 Å². The van der Waals surface area contributed by atoms with Gasteiger partial charge >= 0.3 is 0 Å². The first kappa shape index (κ1) is 6.27. The Balaban J connectivity index is 2.96. The van der Waals surface area contributed by atoms with Crippen molar-refractivity contribution in [2.24, 2.45) is 0 Å². The number of fused-ring (bicyclic) bond motifs is 1. The van der Waals surface area contributed by atoms with Gasteiger partial charge in [0.1, 0.15) is 6.33 Å². The molecule has 0 saturated carbocycles. The van der Waals surface area contributed by atoms with Crippen molar-refractivity contribution in [3.8, 4) is 0 Å². The van der Waals surface area contributed by atoms with Crippen LogP contribution in [0.4, 0.5) is 0 Å². The molecule has 0 radical (unpaired) electrons. The van der Waals surface area contributed by atoms with Gasteiger partial charge in [0.2, 0.25) is 0 Å². The average molecular weight is 148 g/mol. The standard InChI is InChI=1S/C7H8N4/c1-5-3-8-6(2)7-10-9-4-11(5)7/h3-4H,1-2H3. The molecule has 0 unspecified atom stereocenters. The molecule has 0 aliphatic rings. The molecular weight excluding hydrogens is 140 g/mol. The summed E-state index contributed by atoms with van der Waals surface area (Å²) < 4.78 is 1.92. The first-order valence-electron chi connectivity index (χ1n) is 3.41. The van der Waals surface area contributed by atoms with Crippen molar-refractivity contribution in [3.05, 3.63) is 23.9 Å². The fourth-order valence-electron chi connectivity index (χ4n) is 1.05. The highest BCUT2D eigenvalue weighted by Crippen LogP contribution is 2.04. The van der Waals surface area contributed by atoms with Gasteiger partial charge in [0.05, 0.1) is 5.69 Å². The van der Waals surface area contributed by atoms with Crippen LogP contribution in [-0.4, -0.2) is 19.6 Å². The van der Waals surface area contributed by atoms with Gasteiger partial charge in [0, 0.05) is 11.9 Å². The van der Waals surface area contributed by atoms with Gasteiger partial charge in [0.25, 0.3) is 0 Å². The maximum Gasteiger partial charge on any atom is 0.182 e. The third kappa shape index (κ3) is 0.790. The Hall–Kier alpha value is -1.45. The molecule has 11 heavy (non-hydrogen) atoms. The normalized spacial score (nSPS) is 10.7. The average Bonchev–Trinajstić information content (AvgIpc) is 2.45. The van der Waals surface area contributed by atoms with Crippen LogP contribution in [0.15, 0.2) is 12.5 Å². The summed E-state index contributed by atoms with van der Waals surface area (Å²) in [6.07, 6.45) is 3.50. The fourth-order valence-corrected chi connectivity index (χ4v) is 1.05. The Bertz CT molecular complexity index is 354. The van der Waals surface area contributed by atoms with E-state index in [1.807, 2.05) is 24.4 Å². The summed E-state index contributed by atoms with van der Waals surface area (Å²) in [6.45, 7) is 3.90. The van der Waals surface area contributed by atoms with Crippen LogP contribution in [0.3, 0.4) is 0 Å². The topological polar surface area (TPSA) is 43.1 Å². The number of aromatic nitrogens is 4. The van der Waals surface area contributed by atoms with E-state index in [9.17, 15) is 0 Å². The van der Waals surface area contributed by atoms with Crippen LogP contribution >= 0.6 is 0 Å². The number of hydrogen-bond donors (Lipinski definition) is 0. The summed E-state index contributed by atoms with van der Waals surface area (Å²) >= 11 is 0. The molecule has 0 aliphatic heterocycles. The van der Waals surface area contributed by atoms with Gasteiger partial charge in [-0.15, -0.1) is 10.2 Å². The van der Waals surface area contributed by atoms with Gasteiger partial charge in [0.15, 0.2) is 5.65 Å². The summed E-state index contributed by atoms with van der Waals surface area (Å²) in [6, 6.07) is 0. The lowest BCUT2D eigenvalue weighted by atomic mass is 10.4. The Labute approximate surface area is 63.9 Å². The molecule has 0 aliphatic carbocycles. The van der Waals surface area contributed by atoms with Crippen LogP contribution in [0, 0.1) is 13.8 Å². The van der Waals surface area contributed by atoms with Crippen LogP contribution < -0.4 is 0 Å². The van der Waals surface area contributed by atoms with Crippen molar-refractivity contribution in [2.75, 3.05) is 0 Å². The van der Waals surface area contributed by atoms with E-state index in [4.69, 9.17) is 0 Å². The monoisotopic (exact) mass is 148 g/mol. The zero-order valence-corrected chi connectivity index (χ0v) is 6.44. The number of nitrogens with zero attached hydrogens (tertiary/aromatic N) is 4. The molecule has 2 aromatic rings. The van der Waals surface area contributed by atoms with Crippen molar-refractivity contribution in [1.82, 2.24) is 19.6 Å². The predicted molar refractivity (Wildman–Crippen MR) is 40.3 cm³/mol. The first-order chi connectivity index (χ1) is 5.29. The van der Waals surface area contributed by atoms with E-state index in [1.54, 1.807) is 6.33 Å². The second-order valence-corrected chi connectivity index (χ2v) is 2.51. The minimum atomic E-state index is 0.838. The lowest BCUT2D eigenvalue weighted by Crippen LogP contribution is -1.94. The largest absolute Gasteiger partial charge is 0.283 e. The Kier molecular flexibility index (Phi) is 1.15. The minimum absolute atomic E-state index is 0.838. The van der Waals surface area contributed by atoms with E-state index in [-0.39, 0.29) is 0 Å². The molecule has 0 saturated heterocycles. The second kappa shape index (κ2) is 2.02. The highest BCUT2D eigenvalue weighted by Gasteiger charge is 2.00. The van der Waals surface area contributed by atoms with E-state index in [0.29, 0.717) is 0 Å². The second-order valence-electron chi connectivity index (χ2n) is 2.51. The van der Waals surface area contributed by atoms with Crippen molar-refractivity contribution in [3.63, 3.8) is 0 Å². The minimum Gasteiger partial charge on any atom is -0.283 e. The van der Waals surface area contributed by atoms with Crippen LogP contribution in [-0.2, 0) is 0 Å². The molecule has 0 spiro atoms. The van der Waals surface area contributed by atoms with Crippen molar-refractivity contribution in [2.45, 2.75) is 13.8 Å². The Morgan fingerprint density at radius 1 is 1.36 bits per heavy atom. The van der Waals surface area contributed by atoms with Gasteiger partial charge < -0.3 is 0 Å². The van der Waals surface area contributed by atoms with Gasteiger partial charge in [-0.3, -0.25) is 9.38 Å². The number of hydrogen-bond acceptors (Lipinski definition) is 3. The van der Waals surface area contributed by atoms with E-state index in [1.165, 1.54) is 0 Å². The maximum atomic E-state index is 4.16. The first-order valence-corrected chi connectivity index (χ1v) is 3.41. The summed E-state index contributed by atoms with van der Waals surface area (Å²) in [5.74, 6) is 0. The molecular formula is C7H8N4. The summed E-state index contributed by atoms with van der Waals surface area (Å²) in [5, 5.41) is 7.73. The maximum absolute atomic E-state index is 4.16. The molecule has 56 valence electrons. The fraction of sp³-hybridized carbons (Fsp3) is 0.286. The van der Waals surface area contributed by atoms with E-state index in [2.05, 4.69) is 15.2 Å². The molecule has 2 heterocycles. The lowest BCUT2D eigenvalue weighted by Gasteiger charge is -1.98. The molecule has 0 N–H and O–H groups in total. The van der Waals surface area contributed by atoms with E-state index >= 15 is 0 Å². The lowest BCUT2D eigenvalue weighted by molar-refractivity contribution is 1.01. The molecule has 0 aromatic carbocycles. The Morgan fingerprint density at radius 3 is 2.91 bits per heavy atom. The highest BCUT2D eigenvalue weighted by molar-refractivity contribution is 5.42. The number of aryl methyl sites for hydroxylation is 2. The van der Waals surface area contributed by atoms with Gasteiger partial charge in [-0.2, -0.15) is 0 Å². The SMILES string of the molecule is Cc1ncc(C)n2cnnc12. The molecule has 2 rings (SSSR count). The van der Waals surface area contributed by atoms with Crippen molar-refractivity contribution in [1.29, 1.82) is 0 Å². The predicted octanol–water partition coefficient (Wildman–Crippen LogP) is 0.741. The van der Waals surface area contributed by atoms with Crippen LogP contribution in [0.25, 0.3) is 5.65 Å². The third-order valence-corrected chi connectivity index (χ3v) is 1.70. The molecule has 0 bridgehead atoms. The molecule has 2 aromatic heterocycles. The molecule has 0 fully saturated rings. The molecule has 4 nitrogen and oxygen atoms in total. The van der Waals surface area contributed by atoms with Crippen LogP contribution in [0.2, 0.25) is 0 Å². The van der Waals surface area contributed by atoms with Crippen molar-refractivity contribution >= 4 is 5.65 Å². The smallest absolute Gasteiger partial charge is 0.182 e. The molecule has 0 amide bonds. The highest BCUT2D eigenvalue weighted by atomic mass is 15.2. The quantitative estimate of drug-likeness (QED) is 0.553. The van der Waals surface area contributed by atoms with Crippen LogP contribution in [0.1, 0.15) is 11.4 Å². The zero-order chi connectivity index (χ0) is 7.84. The summed E-state index contributed by atoms with van der Waals surface area (Å²) in [5.41, 5.74) is 2.80.